The van der Waals surface area contributed by atoms with E-state index in [-0.39, 0.29) is 11.5 Å². The second-order valence-electron chi connectivity index (χ2n) is 5.48. The molecule has 2 N–H and O–H groups in total. The third-order valence-electron chi connectivity index (χ3n) is 2.86. The Bertz CT molecular complexity index is 370. The normalized spacial score (nSPS) is 21.5. The van der Waals surface area contributed by atoms with Crippen molar-refractivity contribution in [3.8, 4) is 0 Å². The molecule has 1 aliphatic heterocycles. The number of aromatic nitrogens is 2. The molecule has 2 heterocycles. The molecule has 0 spiro atoms. The van der Waals surface area contributed by atoms with E-state index < -0.39 is 0 Å². The monoisotopic (exact) mass is 220 g/mol. The van der Waals surface area contributed by atoms with Crippen molar-refractivity contribution in [3.63, 3.8) is 0 Å². The summed E-state index contributed by atoms with van der Waals surface area (Å²) in [6.07, 6.45) is 2.89. The molecule has 16 heavy (non-hydrogen) atoms. The van der Waals surface area contributed by atoms with Gasteiger partial charge in [0.1, 0.15) is 11.6 Å². The van der Waals surface area contributed by atoms with Crippen LogP contribution in [-0.2, 0) is 5.41 Å². The fourth-order valence-corrected chi connectivity index (χ4v) is 1.88. The van der Waals surface area contributed by atoms with Crippen LogP contribution in [-0.4, -0.2) is 29.1 Å². The van der Waals surface area contributed by atoms with E-state index in [4.69, 9.17) is 5.73 Å². The van der Waals surface area contributed by atoms with Crippen LogP contribution in [0.25, 0.3) is 0 Å². The van der Waals surface area contributed by atoms with Crippen molar-refractivity contribution in [2.24, 2.45) is 5.73 Å². The molecular formula is C12H20N4. The van der Waals surface area contributed by atoms with Crippen LogP contribution in [0.1, 0.15) is 33.0 Å². The van der Waals surface area contributed by atoms with Crippen molar-refractivity contribution in [2.75, 3.05) is 18.0 Å². The largest absolute Gasteiger partial charge is 0.355 e. The fourth-order valence-electron chi connectivity index (χ4n) is 1.88. The lowest BCUT2D eigenvalue weighted by atomic mass is 9.96. The van der Waals surface area contributed by atoms with Crippen molar-refractivity contribution in [2.45, 2.75) is 38.6 Å². The van der Waals surface area contributed by atoms with E-state index in [1.54, 1.807) is 0 Å². The van der Waals surface area contributed by atoms with Gasteiger partial charge in [0.05, 0.1) is 0 Å². The summed E-state index contributed by atoms with van der Waals surface area (Å²) in [6.45, 7) is 8.29. The third-order valence-corrected chi connectivity index (χ3v) is 2.86. The van der Waals surface area contributed by atoms with Crippen LogP contribution in [0, 0.1) is 0 Å². The summed E-state index contributed by atoms with van der Waals surface area (Å²) < 4.78 is 0. The van der Waals surface area contributed by atoms with Gasteiger partial charge in [-0.3, -0.25) is 0 Å². The molecule has 1 saturated heterocycles. The first-order valence-corrected chi connectivity index (χ1v) is 5.81. The average Bonchev–Trinajstić information content (AvgIpc) is 2.64. The second kappa shape index (κ2) is 4.01. The lowest BCUT2D eigenvalue weighted by Crippen LogP contribution is -2.27. The Balaban J connectivity index is 2.23. The maximum Gasteiger partial charge on any atom is 0.135 e. The minimum atomic E-state index is -0.00213. The maximum absolute atomic E-state index is 5.90. The van der Waals surface area contributed by atoms with Gasteiger partial charge in [0.2, 0.25) is 0 Å². The molecule has 0 radical (unpaired) electrons. The summed E-state index contributed by atoms with van der Waals surface area (Å²) in [5.74, 6) is 1.90. The first-order valence-electron chi connectivity index (χ1n) is 5.81. The van der Waals surface area contributed by atoms with Gasteiger partial charge in [0, 0.05) is 30.7 Å². The molecule has 4 heteroatoms. The van der Waals surface area contributed by atoms with Crippen molar-refractivity contribution in [3.05, 3.63) is 18.1 Å². The molecule has 0 amide bonds. The highest BCUT2D eigenvalue weighted by atomic mass is 15.2. The van der Waals surface area contributed by atoms with Crippen molar-refractivity contribution < 1.29 is 0 Å². The van der Waals surface area contributed by atoms with E-state index in [2.05, 4.69) is 35.6 Å². The lowest BCUT2D eigenvalue weighted by molar-refractivity contribution is 0.544. The van der Waals surface area contributed by atoms with Crippen LogP contribution in [0.5, 0.6) is 0 Å². The van der Waals surface area contributed by atoms with Gasteiger partial charge in [-0.15, -0.1) is 0 Å². The highest BCUT2D eigenvalue weighted by Gasteiger charge is 2.23. The van der Waals surface area contributed by atoms with Crippen molar-refractivity contribution >= 4 is 5.82 Å². The summed E-state index contributed by atoms with van der Waals surface area (Å²) in [7, 11) is 0. The van der Waals surface area contributed by atoms with E-state index in [0.29, 0.717) is 0 Å². The van der Waals surface area contributed by atoms with E-state index in [9.17, 15) is 0 Å². The van der Waals surface area contributed by atoms with Gasteiger partial charge in [-0.25, -0.2) is 9.97 Å². The highest BCUT2D eigenvalue weighted by Crippen LogP contribution is 2.22. The molecule has 0 aliphatic carbocycles. The lowest BCUT2D eigenvalue weighted by Gasteiger charge is -2.21. The van der Waals surface area contributed by atoms with E-state index >= 15 is 0 Å². The third kappa shape index (κ3) is 2.32. The molecule has 0 bridgehead atoms. The summed E-state index contributed by atoms with van der Waals surface area (Å²) in [5, 5.41) is 0. The predicted molar refractivity (Wildman–Crippen MR) is 65.5 cm³/mol. The first-order chi connectivity index (χ1) is 7.47. The fraction of sp³-hybridized carbons (Fsp3) is 0.667. The molecular weight excluding hydrogens is 200 g/mol. The van der Waals surface area contributed by atoms with E-state index in [0.717, 1.165) is 31.2 Å². The van der Waals surface area contributed by atoms with Gasteiger partial charge in [0.25, 0.3) is 0 Å². The Kier molecular flexibility index (Phi) is 2.84. The number of nitrogens with zero attached hydrogens (tertiary/aromatic N) is 3. The Morgan fingerprint density at radius 1 is 1.44 bits per heavy atom. The Labute approximate surface area is 96.9 Å². The van der Waals surface area contributed by atoms with Crippen LogP contribution in [0.4, 0.5) is 5.82 Å². The quantitative estimate of drug-likeness (QED) is 0.775. The van der Waals surface area contributed by atoms with Crippen molar-refractivity contribution in [1.82, 2.24) is 9.97 Å². The van der Waals surface area contributed by atoms with Crippen LogP contribution >= 0.6 is 0 Å². The zero-order valence-corrected chi connectivity index (χ0v) is 10.3. The molecule has 1 fully saturated rings. The van der Waals surface area contributed by atoms with Gasteiger partial charge in [-0.2, -0.15) is 0 Å². The molecule has 1 aliphatic rings. The van der Waals surface area contributed by atoms with Gasteiger partial charge in [-0.05, 0) is 12.5 Å². The molecule has 88 valence electrons. The molecule has 1 aromatic heterocycles. The van der Waals surface area contributed by atoms with Crippen LogP contribution in [0.3, 0.4) is 0 Å². The minimum Gasteiger partial charge on any atom is -0.355 e. The van der Waals surface area contributed by atoms with Crippen LogP contribution in [0.2, 0.25) is 0 Å². The SMILES string of the molecule is CC(C)(C)c1nccc(N2CCC(N)C2)n1. The Morgan fingerprint density at radius 2 is 2.19 bits per heavy atom. The van der Waals surface area contributed by atoms with Crippen LogP contribution in [0.15, 0.2) is 12.3 Å². The zero-order valence-electron chi connectivity index (χ0n) is 10.3. The van der Waals surface area contributed by atoms with E-state index in [1.807, 2.05) is 12.3 Å². The van der Waals surface area contributed by atoms with Gasteiger partial charge >= 0.3 is 0 Å². The highest BCUT2D eigenvalue weighted by molar-refractivity contribution is 5.39. The maximum atomic E-state index is 5.90. The molecule has 0 saturated carbocycles. The van der Waals surface area contributed by atoms with Gasteiger partial charge in [0.15, 0.2) is 0 Å². The standard InChI is InChI=1S/C12H20N4/c1-12(2,3)11-14-6-4-10(15-11)16-7-5-9(13)8-16/h4,6,9H,5,7-8,13H2,1-3H3. The van der Waals surface area contributed by atoms with Crippen molar-refractivity contribution in [1.29, 1.82) is 0 Å². The summed E-state index contributed by atoms with van der Waals surface area (Å²) in [6, 6.07) is 2.25. The smallest absolute Gasteiger partial charge is 0.135 e. The molecule has 1 unspecified atom stereocenters. The first kappa shape index (κ1) is 11.3. The molecule has 1 atom stereocenters. The molecule has 2 rings (SSSR count). The number of hydrogen-bond donors (Lipinski definition) is 1. The van der Waals surface area contributed by atoms with Gasteiger partial charge in [-0.1, -0.05) is 20.8 Å². The van der Waals surface area contributed by atoms with Crippen LogP contribution < -0.4 is 10.6 Å². The van der Waals surface area contributed by atoms with E-state index in [1.165, 1.54) is 0 Å². The average molecular weight is 220 g/mol. The van der Waals surface area contributed by atoms with Gasteiger partial charge < -0.3 is 10.6 Å². The second-order valence-corrected chi connectivity index (χ2v) is 5.48. The number of rotatable bonds is 1. The summed E-state index contributed by atoms with van der Waals surface area (Å²) in [4.78, 5) is 11.2. The predicted octanol–water partition coefficient (Wildman–Crippen LogP) is 1.31. The summed E-state index contributed by atoms with van der Waals surface area (Å²) in [5.41, 5.74) is 5.90. The zero-order chi connectivity index (χ0) is 11.8. The minimum absolute atomic E-state index is 0.00213. The molecule has 1 aromatic rings. The molecule has 0 aromatic carbocycles. The summed E-state index contributed by atoms with van der Waals surface area (Å²) >= 11 is 0. The molecule has 4 nitrogen and oxygen atoms in total. The Hall–Kier alpha value is -1.16. The topological polar surface area (TPSA) is 55.0 Å². The number of hydrogen-bond acceptors (Lipinski definition) is 4. The number of nitrogens with two attached hydrogens (primary N) is 1. The Morgan fingerprint density at radius 3 is 2.75 bits per heavy atom. The number of anilines is 1.